The van der Waals surface area contributed by atoms with Gasteiger partial charge >= 0.3 is 6.18 Å². The Hall–Kier alpha value is -3.37. The topological polar surface area (TPSA) is 79.7 Å². The van der Waals surface area contributed by atoms with Crippen LogP contribution in [0.25, 0.3) is 11.1 Å². The van der Waals surface area contributed by atoms with Crippen molar-refractivity contribution in [2.45, 2.75) is 39.3 Å². The summed E-state index contributed by atoms with van der Waals surface area (Å²) in [6.45, 7) is 8.53. The van der Waals surface area contributed by atoms with E-state index in [-0.39, 0.29) is 11.7 Å². The highest BCUT2D eigenvalue weighted by atomic mass is 19.4. The molecule has 4 rings (SSSR count). The van der Waals surface area contributed by atoms with Gasteiger partial charge in [-0.1, -0.05) is 6.07 Å². The van der Waals surface area contributed by atoms with Crippen molar-refractivity contribution in [2.24, 2.45) is 0 Å². The molecule has 1 saturated heterocycles. The number of nitrogens with one attached hydrogen (secondary N) is 1. The Kier molecular flexibility index (Phi) is 7.65. The minimum atomic E-state index is -4.55. The van der Waals surface area contributed by atoms with Crippen molar-refractivity contribution in [1.29, 1.82) is 0 Å². The van der Waals surface area contributed by atoms with E-state index in [2.05, 4.69) is 20.2 Å². The van der Waals surface area contributed by atoms with Crippen molar-refractivity contribution < 1.29 is 27.8 Å². The van der Waals surface area contributed by atoms with Gasteiger partial charge in [0.1, 0.15) is 5.69 Å². The first kappa shape index (κ1) is 25.7. The summed E-state index contributed by atoms with van der Waals surface area (Å²) in [5.41, 5.74) is 3.20. The predicted molar refractivity (Wildman–Crippen MR) is 131 cm³/mol. The highest BCUT2D eigenvalue weighted by Gasteiger charge is 2.31. The number of benzene rings is 1. The lowest BCUT2D eigenvalue weighted by Gasteiger charge is -2.30. The number of rotatable bonds is 7. The molecule has 1 fully saturated rings. The maximum atomic E-state index is 13.0. The molecule has 0 amide bonds. The number of morpholine rings is 1. The molecule has 36 heavy (non-hydrogen) atoms. The lowest BCUT2D eigenvalue weighted by Crippen LogP contribution is -2.36. The van der Waals surface area contributed by atoms with Crippen molar-refractivity contribution >= 4 is 11.4 Å². The third kappa shape index (κ3) is 6.06. The highest BCUT2D eigenvalue weighted by molar-refractivity contribution is 5.75. The van der Waals surface area contributed by atoms with Gasteiger partial charge in [0, 0.05) is 48.5 Å². The Morgan fingerprint density at radius 1 is 1.08 bits per heavy atom. The van der Waals surface area contributed by atoms with Crippen molar-refractivity contribution in [3.05, 3.63) is 65.6 Å². The Balaban J connectivity index is 1.63. The van der Waals surface area contributed by atoms with Crippen molar-refractivity contribution in [2.75, 3.05) is 36.5 Å². The first-order valence-corrected chi connectivity index (χ1v) is 11.7. The van der Waals surface area contributed by atoms with Crippen LogP contribution in [0.5, 0.6) is 5.88 Å². The van der Waals surface area contributed by atoms with Crippen LogP contribution in [0.4, 0.5) is 24.5 Å². The van der Waals surface area contributed by atoms with Gasteiger partial charge in [0.05, 0.1) is 24.9 Å². The normalized spacial score (nSPS) is 15.2. The molecule has 0 bridgehead atoms. The number of aromatic nitrogens is 2. The molecule has 1 atom stereocenters. The van der Waals surface area contributed by atoms with Crippen molar-refractivity contribution in [3.8, 4) is 17.0 Å². The van der Waals surface area contributed by atoms with Crippen LogP contribution in [-0.2, 0) is 10.9 Å². The number of anilines is 2. The summed E-state index contributed by atoms with van der Waals surface area (Å²) in [5.74, 6) is 0.551. The van der Waals surface area contributed by atoms with Crippen LogP contribution in [-0.4, -0.2) is 47.5 Å². The summed E-state index contributed by atoms with van der Waals surface area (Å²) in [7, 11) is 0. The van der Waals surface area contributed by atoms with E-state index < -0.39 is 18.0 Å². The number of hydrogen-bond acceptors (Lipinski definition) is 7. The maximum absolute atomic E-state index is 13.0. The fourth-order valence-electron chi connectivity index (χ4n) is 3.96. The molecule has 192 valence electrons. The number of aliphatic hydroxyl groups is 1. The quantitative estimate of drug-likeness (QED) is 0.430. The van der Waals surface area contributed by atoms with Crippen LogP contribution in [0, 0.1) is 6.92 Å². The molecule has 0 saturated carbocycles. The molecule has 0 spiro atoms. The Morgan fingerprint density at radius 3 is 2.53 bits per heavy atom. The van der Waals surface area contributed by atoms with Gasteiger partial charge < -0.3 is 24.8 Å². The number of nitrogens with zero attached hydrogens (tertiary/aromatic N) is 3. The molecule has 10 heteroatoms. The minimum absolute atomic E-state index is 0.0124. The van der Waals surface area contributed by atoms with E-state index >= 15 is 0 Å². The van der Waals surface area contributed by atoms with Crippen molar-refractivity contribution in [3.63, 3.8) is 0 Å². The number of hydrogen-bond donors (Lipinski definition) is 2. The van der Waals surface area contributed by atoms with E-state index in [1.54, 1.807) is 12.3 Å². The summed E-state index contributed by atoms with van der Waals surface area (Å²) >= 11 is 0. The summed E-state index contributed by atoms with van der Waals surface area (Å²) in [5, 5.41) is 13.4. The molecule has 1 aliphatic rings. The number of aryl methyl sites for hydroxylation is 1. The summed E-state index contributed by atoms with van der Waals surface area (Å²) in [6, 6.07) is 8.38. The molecule has 3 heterocycles. The number of alkyl halides is 3. The average molecular weight is 503 g/mol. The van der Waals surface area contributed by atoms with E-state index in [1.807, 2.05) is 39.0 Å². The van der Waals surface area contributed by atoms with E-state index in [4.69, 9.17) is 9.47 Å². The van der Waals surface area contributed by atoms with Gasteiger partial charge in [-0.15, -0.1) is 0 Å². The van der Waals surface area contributed by atoms with E-state index in [0.29, 0.717) is 24.8 Å². The molecule has 7 nitrogen and oxygen atoms in total. The molecule has 1 aromatic carbocycles. The molecule has 2 N–H and O–H groups in total. The Bertz CT molecular complexity index is 1200. The van der Waals surface area contributed by atoms with Crippen LogP contribution in [0.15, 0.2) is 48.9 Å². The molecule has 3 aromatic rings. The predicted octanol–water partition coefficient (Wildman–Crippen LogP) is 5.20. The van der Waals surface area contributed by atoms with Gasteiger partial charge in [-0.25, -0.2) is 4.98 Å². The zero-order valence-electron chi connectivity index (χ0n) is 20.3. The maximum Gasteiger partial charge on any atom is 0.417 e. The highest BCUT2D eigenvalue weighted by Crippen LogP contribution is 2.35. The smallest absolute Gasteiger partial charge is 0.417 e. The van der Waals surface area contributed by atoms with Gasteiger partial charge in [0.2, 0.25) is 5.88 Å². The summed E-state index contributed by atoms with van der Waals surface area (Å²) in [6.07, 6.45) is -2.29. The third-order valence-electron chi connectivity index (χ3n) is 5.79. The molecule has 1 aliphatic heterocycles. The second-order valence-corrected chi connectivity index (χ2v) is 8.90. The zero-order valence-corrected chi connectivity index (χ0v) is 20.3. The number of pyridine rings is 2. The summed E-state index contributed by atoms with van der Waals surface area (Å²) in [4.78, 5) is 10.4. The molecule has 0 radical (unpaired) electrons. The zero-order chi connectivity index (χ0) is 25.9. The lowest BCUT2D eigenvalue weighted by atomic mass is 10.0. The van der Waals surface area contributed by atoms with Crippen LogP contribution in [0.2, 0.25) is 0 Å². The Labute approximate surface area is 207 Å². The van der Waals surface area contributed by atoms with Crippen LogP contribution in [0.3, 0.4) is 0 Å². The first-order valence-electron chi connectivity index (χ1n) is 11.7. The molecule has 1 unspecified atom stereocenters. The first-order chi connectivity index (χ1) is 17.1. The Morgan fingerprint density at radius 2 is 1.83 bits per heavy atom. The van der Waals surface area contributed by atoms with Gasteiger partial charge in [-0.05, 0) is 56.2 Å². The van der Waals surface area contributed by atoms with Gasteiger partial charge in [-0.3, -0.25) is 4.98 Å². The molecule has 2 aromatic heterocycles. The molecular weight excluding hydrogens is 473 g/mol. The molecular formula is C26H29F3N4O3. The SMILES string of the molecule is Cc1ccc(NC(O)c2cncc(C(F)(F)F)c2)cc1-c1cnc(OC(C)C)c(N2CCOCC2)c1. The number of halogens is 3. The third-order valence-corrected chi connectivity index (χ3v) is 5.79. The van der Waals surface area contributed by atoms with Crippen LogP contribution in [0.1, 0.15) is 36.8 Å². The largest absolute Gasteiger partial charge is 0.473 e. The molecule has 0 aliphatic carbocycles. The summed E-state index contributed by atoms with van der Waals surface area (Å²) < 4.78 is 50.6. The number of aliphatic hydroxyl groups excluding tert-OH is 1. The monoisotopic (exact) mass is 502 g/mol. The van der Waals surface area contributed by atoms with E-state index in [1.165, 1.54) is 6.20 Å². The fourth-order valence-corrected chi connectivity index (χ4v) is 3.96. The van der Waals surface area contributed by atoms with Gasteiger partial charge in [0.25, 0.3) is 0 Å². The fraction of sp³-hybridized carbons (Fsp3) is 0.385. The van der Waals surface area contributed by atoms with Gasteiger partial charge in [0.15, 0.2) is 6.23 Å². The van der Waals surface area contributed by atoms with Crippen molar-refractivity contribution in [1.82, 2.24) is 9.97 Å². The average Bonchev–Trinajstić information content (AvgIpc) is 2.85. The van der Waals surface area contributed by atoms with Gasteiger partial charge in [-0.2, -0.15) is 13.2 Å². The van der Waals surface area contributed by atoms with Crippen LogP contribution >= 0.6 is 0 Å². The standard InChI is InChI=1S/C26H29F3N4O3/c1-16(2)36-25-23(33-6-8-35-9-7-33)11-18(14-31-25)22-12-21(5-4-17(22)3)32-24(34)19-10-20(15-30-13-19)26(27,28)29/h4-5,10-16,24,32,34H,6-9H2,1-3H3. The van der Waals surface area contributed by atoms with E-state index in [0.717, 1.165) is 47.7 Å². The minimum Gasteiger partial charge on any atom is -0.473 e. The second kappa shape index (κ2) is 10.7. The number of ether oxygens (including phenoxy) is 2. The van der Waals surface area contributed by atoms with E-state index in [9.17, 15) is 18.3 Å². The van der Waals surface area contributed by atoms with Crippen LogP contribution < -0.4 is 15.0 Å². The second-order valence-electron chi connectivity index (χ2n) is 8.90. The lowest BCUT2D eigenvalue weighted by molar-refractivity contribution is -0.137.